The second-order valence-electron chi connectivity index (χ2n) is 6.77. The van der Waals surface area contributed by atoms with Crippen molar-refractivity contribution < 1.29 is 4.74 Å². The number of hydrogen-bond acceptors (Lipinski definition) is 4. The highest BCUT2D eigenvalue weighted by molar-refractivity contribution is 5.70. The molecule has 0 aliphatic carbocycles. The van der Waals surface area contributed by atoms with Crippen LogP contribution in [-0.2, 0) is 0 Å². The summed E-state index contributed by atoms with van der Waals surface area (Å²) in [6, 6.07) is 18.4. The Morgan fingerprint density at radius 2 is 1.29 bits per heavy atom. The number of hydrogen-bond donors (Lipinski definition) is 0. The highest BCUT2D eigenvalue weighted by atomic mass is 16.5. The van der Waals surface area contributed by atoms with E-state index in [4.69, 9.17) is 10.00 Å². The maximum absolute atomic E-state index is 8.79. The maximum atomic E-state index is 8.79. The van der Waals surface area contributed by atoms with Gasteiger partial charge in [-0.2, -0.15) is 5.26 Å². The molecular weight excluding hydrogens is 346 g/mol. The third-order valence-electron chi connectivity index (χ3n) is 4.67. The highest BCUT2D eigenvalue weighted by Crippen LogP contribution is 2.26. The third kappa shape index (κ3) is 5.40. The first-order valence-electron chi connectivity index (χ1n) is 9.86. The van der Waals surface area contributed by atoms with Crippen LogP contribution in [0.4, 0.5) is 0 Å². The predicted octanol–water partition coefficient (Wildman–Crippen LogP) is 6.03. The SMILES string of the molecule is CCCCCCCOc1ccc(-c2ccc(-c3cnc(C#N)nc3)cc2)cc1. The standard InChI is InChI=1S/C24H25N3O/c1-2-3-4-5-6-15-28-23-13-11-20(12-14-23)19-7-9-21(10-8-19)22-17-26-24(16-25)27-18-22/h7-14,17-18H,2-6,15H2,1H3. The van der Waals surface area contributed by atoms with Crippen molar-refractivity contribution in [2.45, 2.75) is 39.0 Å². The monoisotopic (exact) mass is 371 g/mol. The van der Waals surface area contributed by atoms with E-state index >= 15 is 0 Å². The van der Waals surface area contributed by atoms with E-state index in [2.05, 4.69) is 41.2 Å². The Morgan fingerprint density at radius 3 is 1.86 bits per heavy atom. The fourth-order valence-electron chi connectivity index (χ4n) is 3.03. The number of rotatable bonds is 9. The van der Waals surface area contributed by atoms with Gasteiger partial charge in [-0.1, -0.05) is 69.0 Å². The van der Waals surface area contributed by atoms with Gasteiger partial charge in [0.05, 0.1) is 6.61 Å². The number of benzene rings is 2. The van der Waals surface area contributed by atoms with Crippen molar-refractivity contribution in [3.8, 4) is 34.1 Å². The number of aromatic nitrogens is 2. The second-order valence-corrected chi connectivity index (χ2v) is 6.77. The topological polar surface area (TPSA) is 58.8 Å². The summed E-state index contributed by atoms with van der Waals surface area (Å²) in [7, 11) is 0. The molecule has 3 aromatic rings. The molecule has 0 fully saturated rings. The van der Waals surface area contributed by atoms with E-state index in [1.165, 1.54) is 25.7 Å². The average molecular weight is 371 g/mol. The summed E-state index contributed by atoms with van der Waals surface area (Å²) in [6.45, 7) is 3.01. The van der Waals surface area contributed by atoms with Crippen molar-refractivity contribution in [1.82, 2.24) is 9.97 Å². The molecule has 0 aliphatic rings. The van der Waals surface area contributed by atoms with Gasteiger partial charge in [0, 0.05) is 18.0 Å². The minimum absolute atomic E-state index is 0.184. The number of nitriles is 1. The van der Waals surface area contributed by atoms with Crippen LogP contribution in [0.15, 0.2) is 60.9 Å². The number of nitrogens with zero attached hydrogens (tertiary/aromatic N) is 3. The number of ether oxygens (including phenoxy) is 1. The molecule has 0 saturated carbocycles. The highest BCUT2D eigenvalue weighted by Gasteiger charge is 2.03. The van der Waals surface area contributed by atoms with E-state index in [9.17, 15) is 0 Å². The molecule has 0 N–H and O–H groups in total. The minimum Gasteiger partial charge on any atom is -0.494 e. The van der Waals surface area contributed by atoms with Crippen molar-refractivity contribution in [3.05, 3.63) is 66.7 Å². The number of unbranched alkanes of at least 4 members (excludes halogenated alkanes) is 4. The van der Waals surface area contributed by atoms with Crippen LogP contribution in [0.1, 0.15) is 44.9 Å². The molecule has 2 aromatic carbocycles. The van der Waals surface area contributed by atoms with Crippen LogP contribution in [0.3, 0.4) is 0 Å². The Labute approximate surface area is 166 Å². The van der Waals surface area contributed by atoms with E-state index in [1.807, 2.05) is 30.3 Å². The molecule has 0 saturated heterocycles. The molecule has 142 valence electrons. The summed E-state index contributed by atoms with van der Waals surface area (Å²) in [6.07, 6.45) is 9.58. The molecule has 0 bridgehead atoms. The fraction of sp³-hybridized carbons (Fsp3) is 0.292. The second kappa shape index (κ2) is 10.2. The van der Waals surface area contributed by atoms with E-state index in [-0.39, 0.29) is 5.82 Å². The van der Waals surface area contributed by atoms with Crippen LogP contribution in [0.2, 0.25) is 0 Å². The van der Waals surface area contributed by atoms with E-state index in [0.29, 0.717) is 0 Å². The lowest BCUT2D eigenvalue weighted by molar-refractivity contribution is 0.304. The Bertz CT molecular complexity index is 895. The third-order valence-corrected chi connectivity index (χ3v) is 4.67. The Morgan fingerprint density at radius 1 is 0.750 bits per heavy atom. The summed E-state index contributed by atoms with van der Waals surface area (Å²) in [5.74, 6) is 1.11. The summed E-state index contributed by atoms with van der Waals surface area (Å²) in [5.41, 5.74) is 4.21. The Kier molecular flexibility index (Phi) is 7.14. The largest absolute Gasteiger partial charge is 0.494 e. The molecule has 0 radical (unpaired) electrons. The quantitative estimate of drug-likeness (QED) is 0.431. The zero-order valence-electron chi connectivity index (χ0n) is 16.3. The van der Waals surface area contributed by atoms with Gasteiger partial charge in [0.25, 0.3) is 0 Å². The molecule has 1 aromatic heterocycles. The zero-order valence-corrected chi connectivity index (χ0v) is 16.3. The van der Waals surface area contributed by atoms with Gasteiger partial charge in [0.15, 0.2) is 0 Å². The molecule has 28 heavy (non-hydrogen) atoms. The van der Waals surface area contributed by atoms with Crippen molar-refractivity contribution >= 4 is 0 Å². The molecule has 4 heteroatoms. The van der Waals surface area contributed by atoms with Crippen molar-refractivity contribution in [1.29, 1.82) is 5.26 Å². The van der Waals surface area contributed by atoms with Gasteiger partial charge >= 0.3 is 0 Å². The molecule has 3 rings (SSSR count). The van der Waals surface area contributed by atoms with Crippen LogP contribution in [0.25, 0.3) is 22.3 Å². The van der Waals surface area contributed by atoms with Crippen molar-refractivity contribution in [3.63, 3.8) is 0 Å². The lowest BCUT2D eigenvalue weighted by atomic mass is 10.0. The molecule has 0 amide bonds. The summed E-state index contributed by atoms with van der Waals surface area (Å²) in [5, 5.41) is 8.79. The summed E-state index contributed by atoms with van der Waals surface area (Å²) >= 11 is 0. The average Bonchev–Trinajstić information content (AvgIpc) is 2.77. The first-order chi connectivity index (χ1) is 13.8. The predicted molar refractivity (Wildman–Crippen MR) is 112 cm³/mol. The van der Waals surface area contributed by atoms with Gasteiger partial charge in [-0.05, 0) is 35.2 Å². The van der Waals surface area contributed by atoms with Gasteiger partial charge in [0.1, 0.15) is 11.8 Å². The van der Waals surface area contributed by atoms with Gasteiger partial charge in [0.2, 0.25) is 5.82 Å². The van der Waals surface area contributed by atoms with E-state index in [0.717, 1.165) is 41.0 Å². The van der Waals surface area contributed by atoms with Gasteiger partial charge in [-0.3, -0.25) is 0 Å². The molecular formula is C24H25N3O. The van der Waals surface area contributed by atoms with Crippen molar-refractivity contribution in [2.75, 3.05) is 6.61 Å². The van der Waals surface area contributed by atoms with Gasteiger partial charge < -0.3 is 4.74 Å². The van der Waals surface area contributed by atoms with Gasteiger partial charge in [-0.25, -0.2) is 9.97 Å². The fourth-order valence-corrected chi connectivity index (χ4v) is 3.03. The first-order valence-corrected chi connectivity index (χ1v) is 9.86. The summed E-state index contributed by atoms with van der Waals surface area (Å²) < 4.78 is 5.84. The van der Waals surface area contributed by atoms with Crippen LogP contribution < -0.4 is 4.74 Å². The molecule has 0 unspecified atom stereocenters. The Balaban J connectivity index is 1.57. The minimum atomic E-state index is 0.184. The van der Waals surface area contributed by atoms with E-state index in [1.54, 1.807) is 12.4 Å². The molecule has 0 aliphatic heterocycles. The summed E-state index contributed by atoms with van der Waals surface area (Å²) in [4.78, 5) is 8.05. The smallest absolute Gasteiger partial charge is 0.232 e. The lowest BCUT2D eigenvalue weighted by Crippen LogP contribution is -1.97. The van der Waals surface area contributed by atoms with Crippen molar-refractivity contribution in [2.24, 2.45) is 0 Å². The molecule has 1 heterocycles. The molecule has 0 atom stereocenters. The van der Waals surface area contributed by atoms with Crippen LogP contribution in [-0.4, -0.2) is 16.6 Å². The van der Waals surface area contributed by atoms with Gasteiger partial charge in [-0.15, -0.1) is 0 Å². The normalized spacial score (nSPS) is 10.4. The molecule has 4 nitrogen and oxygen atoms in total. The first kappa shape index (κ1) is 19.6. The van der Waals surface area contributed by atoms with Crippen LogP contribution in [0.5, 0.6) is 5.75 Å². The van der Waals surface area contributed by atoms with Crippen LogP contribution in [0, 0.1) is 11.3 Å². The lowest BCUT2D eigenvalue weighted by Gasteiger charge is -2.08. The maximum Gasteiger partial charge on any atom is 0.232 e. The van der Waals surface area contributed by atoms with Crippen LogP contribution >= 0.6 is 0 Å². The zero-order chi connectivity index (χ0) is 19.6. The molecule has 0 spiro atoms. The van der Waals surface area contributed by atoms with E-state index < -0.39 is 0 Å². The Hall–Kier alpha value is -3.19.